The van der Waals surface area contributed by atoms with Gasteiger partial charge >= 0.3 is 0 Å². The molecule has 2 aliphatic rings. The highest BCUT2D eigenvalue weighted by molar-refractivity contribution is 5.99. The number of hydrogen-bond donors (Lipinski definition) is 0. The molecular weight excluding hydrogens is 358 g/mol. The van der Waals surface area contributed by atoms with Gasteiger partial charge in [-0.15, -0.1) is 0 Å². The number of aryl methyl sites for hydroxylation is 2. The molecule has 0 bridgehead atoms. The Morgan fingerprint density at radius 1 is 1.14 bits per heavy atom. The summed E-state index contributed by atoms with van der Waals surface area (Å²) in [6.45, 7) is 6.00. The van der Waals surface area contributed by atoms with Gasteiger partial charge < -0.3 is 18.8 Å². The first-order chi connectivity index (χ1) is 13.6. The minimum atomic E-state index is -0.128. The van der Waals surface area contributed by atoms with Crippen molar-refractivity contribution in [1.29, 1.82) is 0 Å². The number of ether oxygens (including phenoxy) is 2. The zero-order valence-corrected chi connectivity index (χ0v) is 16.0. The first-order valence-corrected chi connectivity index (χ1v) is 9.61. The molecule has 146 valence electrons. The van der Waals surface area contributed by atoms with E-state index in [0.717, 1.165) is 22.1 Å². The third-order valence-corrected chi connectivity index (χ3v) is 5.69. The summed E-state index contributed by atoms with van der Waals surface area (Å²) >= 11 is 0. The van der Waals surface area contributed by atoms with Crippen molar-refractivity contribution in [2.45, 2.75) is 32.1 Å². The lowest BCUT2D eigenvalue weighted by Crippen LogP contribution is -2.31. The Morgan fingerprint density at radius 3 is 2.57 bits per heavy atom. The molecule has 1 aromatic carbocycles. The number of carbonyl (C=O) groups excluding carboxylic acids is 1. The van der Waals surface area contributed by atoms with Gasteiger partial charge in [-0.25, -0.2) is 0 Å². The molecule has 0 radical (unpaired) electrons. The van der Waals surface area contributed by atoms with Gasteiger partial charge in [0.1, 0.15) is 17.8 Å². The maximum absolute atomic E-state index is 13.1. The summed E-state index contributed by atoms with van der Waals surface area (Å²) < 4.78 is 19.9. The molecule has 2 aliphatic heterocycles. The minimum Gasteiger partial charge on any atom is -0.451 e. The van der Waals surface area contributed by atoms with E-state index in [1.165, 1.54) is 0 Å². The predicted molar refractivity (Wildman–Crippen MR) is 102 cm³/mol. The molecule has 5 rings (SSSR count). The van der Waals surface area contributed by atoms with Crippen LogP contribution >= 0.6 is 0 Å². The molecule has 4 heterocycles. The third-order valence-electron chi connectivity index (χ3n) is 5.69. The Hall–Kier alpha value is -2.64. The van der Waals surface area contributed by atoms with E-state index < -0.39 is 0 Å². The van der Waals surface area contributed by atoms with Crippen LogP contribution in [0.3, 0.4) is 0 Å². The van der Waals surface area contributed by atoms with Gasteiger partial charge in [-0.2, -0.15) is 5.10 Å². The lowest BCUT2D eigenvalue weighted by molar-refractivity contribution is -0.00461. The highest BCUT2D eigenvalue weighted by Crippen LogP contribution is 2.30. The molecule has 2 fully saturated rings. The summed E-state index contributed by atoms with van der Waals surface area (Å²) in [5.41, 5.74) is 2.74. The minimum absolute atomic E-state index is 0.0607. The summed E-state index contributed by atoms with van der Waals surface area (Å²) in [6.07, 6.45) is 3.41. The van der Waals surface area contributed by atoms with Crippen molar-refractivity contribution in [2.75, 3.05) is 26.3 Å². The number of amides is 1. The van der Waals surface area contributed by atoms with E-state index >= 15 is 0 Å². The number of furan rings is 1. The van der Waals surface area contributed by atoms with Crippen LogP contribution in [0.1, 0.15) is 27.7 Å². The van der Waals surface area contributed by atoms with Crippen molar-refractivity contribution in [1.82, 2.24) is 14.7 Å². The molecule has 2 atom stereocenters. The molecule has 28 heavy (non-hydrogen) atoms. The summed E-state index contributed by atoms with van der Waals surface area (Å²) in [5, 5.41) is 5.26. The predicted octanol–water partition coefficient (Wildman–Crippen LogP) is 2.73. The van der Waals surface area contributed by atoms with Gasteiger partial charge in [0.05, 0.1) is 32.3 Å². The second-order valence-corrected chi connectivity index (χ2v) is 7.65. The Bertz CT molecular complexity index is 994. The Labute approximate surface area is 162 Å². The number of aromatic nitrogens is 2. The highest BCUT2D eigenvalue weighted by Gasteiger charge is 2.41. The molecule has 0 saturated carbocycles. The Morgan fingerprint density at radius 2 is 1.89 bits per heavy atom. The van der Waals surface area contributed by atoms with Crippen LogP contribution in [0.15, 0.2) is 41.1 Å². The number of benzene rings is 1. The molecule has 3 aromatic rings. The smallest absolute Gasteiger partial charge is 0.290 e. The van der Waals surface area contributed by atoms with Crippen molar-refractivity contribution in [3.63, 3.8) is 0 Å². The van der Waals surface area contributed by atoms with E-state index in [2.05, 4.69) is 5.10 Å². The topological polar surface area (TPSA) is 69.7 Å². The number of likely N-dealkylation sites (tertiary alicyclic amines) is 1. The van der Waals surface area contributed by atoms with Crippen molar-refractivity contribution < 1.29 is 18.7 Å². The van der Waals surface area contributed by atoms with Gasteiger partial charge in [-0.05, 0) is 31.5 Å². The van der Waals surface area contributed by atoms with Gasteiger partial charge in [0, 0.05) is 23.3 Å². The van der Waals surface area contributed by atoms with E-state index in [1.54, 1.807) is 11.1 Å². The second kappa shape index (κ2) is 6.76. The average Bonchev–Trinajstić information content (AvgIpc) is 3.39. The molecule has 2 aromatic heterocycles. The normalized spacial score (nSPS) is 23.1. The van der Waals surface area contributed by atoms with Crippen molar-refractivity contribution in [2.24, 2.45) is 0 Å². The van der Waals surface area contributed by atoms with Crippen molar-refractivity contribution in [3.05, 3.63) is 53.5 Å². The first kappa shape index (κ1) is 17.5. The summed E-state index contributed by atoms with van der Waals surface area (Å²) in [5.74, 6) is 0.307. The number of rotatable bonds is 2. The van der Waals surface area contributed by atoms with Gasteiger partial charge in [0.2, 0.25) is 0 Å². The largest absolute Gasteiger partial charge is 0.451 e. The number of nitrogens with zero attached hydrogens (tertiary/aromatic N) is 3. The van der Waals surface area contributed by atoms with Crippen LogP contribution in [0.2, 0.25) is 0 Å². The summed E-state index contributed by atoms with van der Waals surface area (Å²) in [6, 6.07) is 7.96. The number of fused-ring (bicyclic) bond motifs is 2. The second-order valence-electron chi connectivity index (χ2n) is 7.65. The molecule has 0 aliphatic carbocycles. The van der Waals surface area contributed by atoms with Gasteiger partial charge in [0.15, 0.2) is 5.76 Å². The lowest BCUT2D eigenvalue weighted by Gasteiger charge is -2.18. The van der Waals surface area contributed by atoms with Gasteiger partial charge in [-0.1, -0.05) is 12.1 Å². The highest BCUT2D eigenvalue weighted by atomic mass is 16.6. The fraction of sp³-hybridized carbons (Fsp3) is 0.429. The maximum atomic E-state index is 13.1. The Kier molecular flexibility index (Phi) is 4.21. The molecule has 0 N–H and O–H groups in total. The quantitative estimate of drug-likeness (QED) is 0.683. The zero-order valence-electron chi connectivity index (χ0n) is 16.0. The first-order valence-electron chi connectivity index (χ1n) is 9.61. The van der Waals surface area contributed by atoms with E-state index in [-0.39, 0.29) is 24.2 Å². The van der Waals surface area contributed by atoms with E-state index in [1.807, 2.05) is 49.0 Å². The monoisotopic (exact) mass is 381 g/mol. The molecule has 7 heteroatoms. The SMILES string of the molecule is Cc1ccc2c(C)c(C(=O)N3C[C@@H]4OCC(n5cccn5)CO[C@H]4C3)oc2c1. The Balaban J connectivity index is 1.32. The average molecular weight is 381 g/mol. The van der Waals surface area contributed by atoms with Crippen molar-refractivity contribution >= 4 is 16.9 Å². The van der Waals surface area contributed by atoms with Crippen LogP contribution < -0.4 is 0 Å². The van der Waals surface area contributed by atoms with Crippen LogP contribution in [-0.4, -0.2) is 59.1 Å². The van der Waals surface area contributed by atoms with Crippen LogP contribution in [0.4, 0.5) is 0 Å². The van der Waals surface area contributed by atoms with Crippen molar-refractivity contribution in [3.8, 4) is 0 Å². The van der Waals surface area contributed by atoms with Gasteiger partial charge in [-0.3, -0.25) is 9.48 Å². The van der Waals surface area contributed by atoms with E-state index in [4.69, 9.17) is 13.9 Å². The van der Waals surface area contributed by atoms with E-state index in [9.17, 15) is 4.79 Å². The fourth-order valence-corrected chi connectivity index (χ4v) is 4.08. The summed E-state index contributed by atoms with van der Waals surface area (Å²) in [7, 11) is 0. The summed E-state index contributed by atoms with van der Waals surface area (Å²) in [4.78, 5) is 14.9. The van der Waals surface area contributed by atoms with Crippen LogP contribution in [0.5, 0.6) is 0 Å². The third kappa shape index (κ3) is 2.91. The van der Waals surface area contributed by atoms with Crippen LogP contribution in [0.25, 0.3) is 11.0 Å². The van der Waals surface area contributed by atoms with E-state index in [0.29, 0.717) is 32.1 Å². The lowest BCUT2D eigenvalue weighted by atomic mass is 10.1. The maximum Gasteiger partial charge on any atom is 0.290 e. The molecule has 0 unspecified atom stereocenters. The standard InChI is InChI=1S/C21H23N3O4/c1-13-4-5-16-14(2)20(28-17(16)8-13)21(25)23-9-18-19(10-23)27-12-15(11-26-18)24-7-3-6-22-24/h3-8,15,18-19H,9-12H2,1-2H3/t18-,19-/m0/s1. The molecule has 0 spiro atoms. The molecule has 2 saturated heterocycles. The molecule has 7 nitrogen and oxygen atoms in total. The molecule has 1 amide bonds. The van der Waals surface area contributed by atoms with Crippen LogP contribution in [0, 0.1) is 13.8 Å². The number of hydrogen-bond acceptors (Lipinski definition) is 5. The van der Waals surface area contributed by atoms with Gasteiger partial charge in [0.25, 0.3) is 5.91 Å². The molecular formula is C21H23N3O4. The zero-order chi connectivity index (χ0) is 19.3. The number of carbonyl (C=O) groups is 1. The fourth-order valence-electron chi connectivity index (χ4n) is 4.08. The van der Waals surface area contributed by atoms with Crippen LogP contribution in [-0.2, 0) is 9.47 Å².